The van der Waals surface area contributed by atoms with Crippen LogP contribution in [0, 0.1) is 0 Å². The Bertz CT molecular complexity index is 1580. The number of esters is 4. The number of likely N-dealkylation sites (N-methyl/N-ethyl adjacent to an activating group) is 2. The zero-order chi connectivity index (χ0) is 58.7. The van der Waals surface area contributed by atoms with E-state index in [4.69, 9.17) is 24.7 Å². The SMILES string of the molecule is CCCCCC(OC(=O)CCCC(=O)OCC[N+](C)(C)C)C(O)C/C=C\CCCCCCCC(N)=O.CCCCCCNC(=O)CCCCCCC/C=C\CC(O)C(CCCCC)OC(=O)CCCC(=O)OCC[N+](C)(C)C. The third kappa shape index (κ3) is 55.5. The van der Waals surface area contributed by atoms with Crippen LogP contribution in [-0.4, -0.2) is 154 Å². The van der Waals surface area contributed by atoms with Gasteiger partial charge in [0.25, 0.3) is 0 Å². The lowest BCUT2D eigenvalue weighted by molar-refractivity contribution is -0.870. The quantitative estimate of drug-likeness (QED) is 0.0147. The molecule has 4 unspecified atom stereocenters. The molecule has 0 fully saturated rings. The Labute approximate surface area is 474 Å². The number of quaternary nitrogens is 2. The lowest BCUT2D eigenvalue weighted by Gasteiger charge is -2.23. The lowest BCUT2D eigenvalue weighted by atomic mass is 10.0. The van der Waals surface area contributed by atoms with Crippen molar-refractivity contribution in [1.29, 1.82) is 0 Å². The maximum absolute atomic E-state index is 12.4. The number of hydrogen-bond acceptors (Lipinski definition) is 12. The highest BCUT2D eigenvalue weighted by atomic mass is 16.6. The van der Waals surface area contributed by atoms with Gasteiger partial charge < -0.3 is 49.2 Å². The van der Waals surface area contributed by atoms with Gasteiger partial charge in [0, 0.05) is 45.1 Å². The van der Waals surface area contributed by atoms with E-state index in [9.17, 15) is 39.0 Å². The molecule has 0 rings (SSSR count). The van der Waals surface area contributed by atoms with Crippen molar-refractivity contribution in [1.82, 2.24) is 5.32 Å². The molecule has 16 heteroatoms. The molecule has 78 heavy (non-hydrogen) atoms. The standard InChI is InChI=1S/C34H64N2O6.C28H52N2O6/c1-6-8-10-20-27-35-32(38)24-19-16-14-12-11-13-15-18-22-30(37)31(23-17-9-7-2)42-34(40)26-21-25-33(39)41-29-28-36(3,4)5;1-5-6-13-18-25(24(31)17-14-11-9-7-8-10-12-15-19-26(29)32)36-28(34)21-16-20-27(33)35-23-22-30(2,3)4/h15,18,30-31,37H,6-14,16-17,19-29H2,1-5H3;11,14,24-25,31H,5-10,12-13,15-23H2,1-4H3,(H-,29,32)/p+2/b18-15-;14-11-. The van der Waals surface area contributed by atoms with E-state index in [1.165, 1.54) is 19.3 Å². The number of aliphatic hydroxyl groups excluding tert-OH is 2. The Morgan fingerprint density at radius 3 is 1.23 bits per heavy atom. The summed E-state index contributed by atoms with van der Waals surface area (Å²) in [6, 6.07) is 0. The van der Waals surface area contributed by atoms with E-state index in [2.05, 4.69) is 38.2 Å². The van der Waals surface area contributed by atoms with E-state index in [0.717, 1.165) is 151 Å². The van der Waals surface area contributed by atoms with Crippen molar-refractivity contribution in [2.24, 2.45) is 5.73 Å². The molecule has 0 aliphatic carbocycles. The van der Waals surface area contributed by atoms with Crippen LogP contribution in [0.25, 0.3) is 0 Å². The average molecular weight is 1110 g/mol. The average Bonchev–Trinajstić information content (AvgIpc) is 3.36. The maximum atomic E-state index is 12.4. The number of hydrogen-bond donors (Lipinski definition) is 4. The van der Waals surface area contributed by atoms with E-state index in [1.807, 2.05) is 54.4 Å². The Balaban J connectivity index is 0. The van der Waals surface area contributed by atoms with Gasteiger partial charge in [0.2, 0.25) is 11.8 Å². The molecule has 456 valence electrons. The summed E-state index contributed by atoms with van der Waals surface area (Å²) in [5.41, 5.74) is 5.14. The molecule has 0 bridgehead atoms. The molecule has 0 heterocycles. The first-order valence-electron chi connectivity index (χ1n) is 30.7. The van der Waals surface area contributed by atoms with Crippen LogP contribution in [0.3, 0.4) is 0 Å². The highest BCUT2D eigenvalue weighted by Gasteiger charge is 2.24. The third-order valence-corrected chi connectivity index (χ3v) is 13.2. The number of allylic oxidation sites excluding steroid dienone is 2. The monoisotopic (exact) mass is 1110 g/mol. The Morgan fingerprint density at radius 2 is 0.821 bits per heavy atom. The number of aliphatic hydroxyl groups is 2. The van der Waals surface area contributed by atoms with Crippen molar-refractivity contribution in [2.75, 3.05) is 75.1 Å². The molecule has 0 aromatic carbocycles. The first-order valence-corrected chi connectivity index (χ1v) is 30.7. The summed E-state index contributed by atoms with van der Waals surface area (Å²) < 4.78 is 23.2. The molecular formula is C62H118N4O12+2. The number of nitrogens with zero attached hydrogens (tertiary/aromatic N) is 2. The molecule has 2 amide bonds. The number of amides is 2. The second-order valence-corrected chi connectivity index (χ2v) is 23.3. The molecule has 0 aromatic rings. The molecule has 0 radical (unpaired) electrons. The Hall–Kier alpha value is -3.86. The second kappa shape index (κ2) is 51.3. The van der Waals surface area contributed by atoms with Crippen molar-refractivity contribution >= 4 is 35.7 Å². The van der Waals surface area contributed by atoms with Crippen molar-refractivity contribution in [3.05, 3.63) is 24.3 Å². The third-order valence-electron chi connectivity index (χ3n) is 13.2. The van der Waals surface area contributed by atoms with Crippen LogP contribution in [-0.2, 0) is 47.7 Å². The van der Waals surface area contributed by atoms with Gasteiger partial charge >= 0.3 is 23.9 Å². The van der Waals surface area contributed by atoms with Gasteiger partial charge in [-0.15, -0.1) is 0 Å². The number of nitrogens with two attached hydrogens (primary N) is 1. The largest absolute Gasteiger partial charge is 0.460 e. The first-order chi connectivity index (χ1) is 37.1. The van der Waals surface area contributed by atoms with Gasteiger partial charge in [-0.05, 0) is 96.3 Å². The summed E-state index contributed by atoms with van der Waals surface area (Å²) in [7, 11) is 12.2. The Morgan fingerprint density at radius 1 is 0.449 bits per heavy atom. The fourth-order valence-electron chi connectivity index (χ4n) is 8.12. The summed E-state index contributed by atoms with van der Waals surface area (Å²) in [5, 5.41) is 24.4. The zero-order valence-electron chi connectivity index (χ0n) is 51.1. The molecule has 0 aromatic heterocycles. The van der Waals surface area contributed by atoms with Gasteiger partial charge in [-0.1, -0.05) is 129 Å². The second-order valence-electron chi connectivity index (χ2n) is 23.3. The summed E-state index contributed by atoms with van der Waals surface area (Å²) in [4.78, 5) is 71.1. The minimum atomic E-state index is -0.739. The summed E-state index contributed by atoms with van der Waals surface area (Å²) in [6.45, 7) is 9.42. The molecule has 0 spiro atoms. The van der Waals surface area contributed by atoms with Crippen LogP contribution in [0.5, 0.6) is 0 Å². The first kappa shape index (κ1) is 76.2. The van der Waals surface area contributed by atoms with Crippen molar-refractivity contribution in [3.63, 3.8) is 0 Å². The summed E-state index contributed by atoms with van der Waals surface area (Å²) in [6.07, 6.45) is 33.3. The fraction of sp³-hybridized carbons (Fsp3) is 0.839. The van der Waals surface area contributed by atoms with Crippen LogP contribution in [0.15, 0.2) is 24.3 Å². The van der Waals surface area contributed by atoms with Crippen LogP contribution in [0.1, 0.15) is 239 Å². The molecule has 0 saturated carbocycles. The van der Waals surface area contributed by atoms with E-state index in [0.29, 0.717) is 64.6 Å². The number of unbranched alkanes of at least 4 members (excludes halogenated alkanes) is 17. The Kier molecular flexibility index (Phi) is 50.1. The zero-order valence-corrected chi connectivity index (χ0v) is 51.1. The molecule has 5 N–H and O–H groups in total. The molecule has 0 aliphatic rings. The molecular weight excluding hydrogens is 993 g/mol. The van der Waals surface area contributed by atoms with Crippen molar-refractivity contribution in [3.8, 4) is 0 Å². The minimum absolute atomic E-state index is 0.136. The van der Waals surface area contributed by atoms with Crippen LogP contribution >= 0.6 is 0 Å². The van der Waals surface area contributed by atoms with E-state index >= 15 is 0 Å². The van der Waals surface area contributed by atoms with E-state index in [1.54, 1.807) is 0 Å². The molecule has 0 saturated heterocycles. The predicted octanol–water partition coefficient (Wildman–Crippen LogP) is 11.1. The van der Waals surface area contributed by atoms with Gasteiger partial charge in [-0.3, -0.25) is 28.8 Å². The van der Waals surface area contributed by atoms with Crippen LogP contribution < -0.4 is 11.1 Å². The van der Waals surface area contributed by atoms with Gasteiger partial charge in [0.05, 0.1) is 54.5 Å². The van der Waals surface area contributed by atoms with E-state index < -0.39 is 24.4 Å². The fourth-order valence-corrected chi connectivity index (χ4v) is 8.12. The lowest BCUT2D eigenvalue weighted by Crippen LogP contribution is -2.38. The maximum Gasteiger partial charge on any atom is 0.306 e. The topological polar surface area (TPSA) is 218 Å². The molecule has 0 aliphatic heterocycles. The van der Waals surface area contributed by atoms with Crippen molar-refractivity contribution in [2.45, 2.75) is 263 Å². The van der Waals surface area contributed by atoms with Crippen LogP contribution in [0.4, 0.5) is 0 Å². The normalized spacial score (nSPS) is 13.3. The minimum Gasteiger partial charge on any atom is -0.460 e. The summed E-state index contributed by atoms with van der Waals surface area (Å²) >= 11 is 0. The predicted molar refractivity (Wildman–Crippen MR) is 314 cm³/mol. The number of nitrogens with one attached hydrogen (secondary N) is 1. The number of carbonyl (C=O) groups is 6. The highest BCUT2D eigenvalue weighted by molar-refractivity contribution is 5.76. The number of primary amides is 1. The van der Waals surface area contributed by atoms with Gasteiger partial charge in [-0.25, -0.2) is 0 Å². The highest BCUT2D eigenvalue weighted by Crippen LogP contribution is 2.18. The van der Waals surface area contributed by atoms with Gasteiger partial charge in [-0.2, -0.15) is 0 Å². The molecule has 16 nitrogen and oxygen atoms in total. The van der Waals surface area contributed by atoms with E-state index in [-0.39, 0.29) is 61.4 Å². The van der Waals surface area contributed by atoms with Crippen molar-refractivity contribution < 1.29 is 66.9 Å². The van der Waals surface area contributed by atoms with Gasteiger partial charge in [0.15, 0.2) is 0 Å². The number of rotatable bonds is 51. The number of ether oxygens (including phenoxy) is 4. The van der Waals surface area contributed by atoms with Crippen LogP contribution in [0.2, 0.25) is 0 Å². The molecule has 4 atom stereocenters. The smallest absolute Gasteiger partial charge is 0.306 e. The summed E-state index contributed by atoms with van der Waals surface area (Å²) in [5.74, 6) is -1.40. The van der Waals surface area contributed by atoms with Gasteiger partial charge in [0.1, 0.15) is 38.5 Å². The number of carbonyl (C=O) groups excluding carboxylic acids is 6.